The van der Waals surface area contributed by atoms with E-state index in [0.717, 1.165) is 17.5 Å². The SMILES string of the molecule is C[C@@H](C(=O)N1CC[C@@H](NC(=O)c2ncoc2-c2ccccc2)C1)c1ccccc1. The van der Waals surface area contributed by atoms with Crippen LogP contribution in [0.2, 0.25) is 0 Å². The van der Waals surface area contributed by atoms with Crippen molar-refractivity contribution in [3.8, 4) is 11.3 Å². The Balaban J connectivity index is 1.39. The van der Waals surface area contributed by atoms with Crippen molar-refractivity contribution < 1.29 is 14.0 Å². The van der Waals surface area contributed by atoms with E-state index in [1.165, 1.54) is 6.39 Å². The Morgan fingerprint density at radius 3 is 2.52 bits per heavy atom. The number of likely N-dealkylation sites (tertiary alicyclic amines) is 1. The molecule has 6 nitrogen and oxygen atoms in total. The van der Waals surface area contributed by atoms with Gasteiger partial charge < -0.3 is 14.6 Å². The van der Waals surface area contributed by atoms with Crippen LogP contribution in [0.1, 0.15) is 35.3 Å². The Morgan fingerprint density at radius 2 is 1.79 bits per heavy atom. The second kappa shape index (κ2) is 8.31. The van der Waals surface area contributed by atoms with Crippen molar-refractivity contribution in [2.45, 2.75) is 25.3 Å². The average molecular weight is 389 g/mol. The van der Waals surface area contributed by atoms with Crippen LogP contribution in [-0.2, 0) is 4.79 Å². The summed E-state index contributed by atoms with van der Waals surface area (Å²) in [4.78, 5) is 31.5. The van der Waals surface area contributed by atoms with Gasteiger partial charge in [-0.1, -0.05) is 60.7 Å². The van der Waals surface area contributed by atoms with Gasteiger partial charge in [-0.3, -0.25) is 9.59 Å². The standard InChI is InChI=1S/C23H23N3O3/c1-16(17-8-4-2-5-9-17)23(28)26-13-12-19(14-26)25-22(27)20-21(29-15-24-20)18-10-6-3-7-11-18/h2-11,15-16,19H,12-14H2,1H3,(H,25,27)/t16-,19-/m1/s1. The molecular weight excluding hydrogens is 366 g/mol. The molecule has 2 aromatic carbocycles. The third-order valence-electron chi connectivity index (χ3n) is 5.32. The van der Waals surface area contributed by atoms with E-state index in [-0.39, 0.29) is 29.5 Å². The van der Waals surface area contributed by atoms with Crippen LogP contribution < -0.4 is 5.32 Å². The van der Waals surface area contributed by atoms with E-state index in [1.807, 2.05) is 72.5 Å². The van der Waals surface area contributed by atoms with Crippen LogP contribution in [0.25, 0.3) is 11.3 Å². The number of amides is 2. The van der Waals surface area contributed by atoms with Gasteiger partial charge in [0.15, 0.2) is 17.8 Å². The molecule has 1 saturated heterocycles. The van der Waals surface area contributed by atoms with Crippen LogP contribution in [0.3, 0.4) is 0 Å². The van der Waals surface area contributed by atoms with E-state index in [0.29, 0.717) is 18.8 Å². The lowest BCUT2D eigenvalue weighted by Crippen LogP contribution is -2.39. The highest BCUT2D eigenvalue weighted by atomic mass is 16.3. The van der Waals surface area contributed by atoms with Gasteiger partial charge in [0.2, 0.25) is 5.91 Å². The molecule has 4 rings (SSSR count). The molecule has 0 saturated carbocycles. The van der Waals surface area contributed by atoms with Crippen molar-refractivity contribution >= 4 is 11.8 Å². The van der Waals surface area contributed by atoms with Crippen LogP contribution >= 0.6 is 0 Å². The molecule has 0 unspecified atom stereocenters. The monoisotopic (exact) mass is 389 g/mol. The average Bonchev–Trinajstić information content (AvgIpc) is 3.44. The Bertz CT molecular complexity index is 985. The fourth-order valence-electron chi connectivity index (χ4n) is 3.69. The van der Waals surface area contributed by atoms with Crippen molar-refractivity contribution in [3.05, 3.63) is 78.3 Å². The molecule has 1 fully saturated rings. The topological polar surface area (TPSA) is 75.4 Å². The second-order valence-electron chi connectivity index (χ2n) is 7.27. The maximum absolute atomic E-state index is 12.8. The predicted molar refractivity (Wildman–Crippen MR) is 109 cm³/mol. The number of oxazole rings is 1. The number of hydrogen-bond acceptors (Lipinski definition) is 4. The maximum atomic E-state index is 12.8. The lowest BCUT2D eigenvalue weighted by atomic mass is 10.00. The quantitative estimate of drug-likeness (QED) is 0.725. The second-order valence-corrected chi connectivity index (χ2v) is 7.27. The van der Waals surface area contributed by atoms with Crippen LogP contribution in [0.15, 0.2) is 71.5 Å². The summed E-state index contributed by atoms with van der Waals surface area (Å²) < 4.78 is 5.44. The maximum Gasteiger partial charge on any atom is 0.274 e. The minimum absolute atomic E-state index is 0.0827. The van der Waals surface area contributed by atoms with Gasteiger partial charge in [-0.25, -0.2) is 4.98 Å². The normalized spacial score (nSPS) is 17.1. The zero-order valence-corrected chi connectivity index (χ0v) is 16.2. The molecule has 2 amide bonds. The fraction of sp³-hybridized carbons (Fsp3) is 0.261. The molecule has 0 aliphatic carbocycles. The summed E-state index contributed by atoms with van der Waals surface area (Å²) >= 11 is 0. The minimum Gasteiger partial charge on any atom is -0.443 e. The highest BCUT2D eigenvalue weighted by molar-refractivity contribution is 5.97. The molecule has 0 spiro atoms. The molecule has 0 bridgehead atoms. The van der Waals surface area contributed by atoms with Gasteiger partial charge >= 0.3 is 0 Å². The first-order valence-electron chi connectivity index (χ1n) is 9.77. The van der Waals surface area contributed by atoms with E-state index >= 15 is 0 Å². The molecule has 0 radical (unpaired) electrons. The number of nitrogens with one attached hydrogen (secondary N) is 1. The lowest BCUT2D eigenvalue weighted by molar-refractivity contribution is -0.131. The van der Waals surface area contributed by atoms with Crippen molar-refractivity contribution in [1.82, 2.24) is 15.2 Å². The smallest absolute Gasteiger partial charge is 0.274 e. The fourth-order valence-corrected chi connectivity index (χ4v) is 3.69. The number of rotatable bonds is 5. The Morgan fingerprint density at radius 1 is 1.10 bits per heavy atom. The molecule has 148 valence electrons. The zero-order valence-electron chi connectivity index (χ0n) is 16.2. The van der Waals surface area contributed by atoms with Crippen molar-refractivity contribution in [2.24, 2.45) is 0 Å². The summed E-state index contributed by atoms with van der Waals surface area (Å²) in [6.07, 6.45) is 2.00. The van der Waals surface area contributed by atoms with Crippen LogP contribution in [0.5, 0.6) is 0 Å². The molecule has 6 heteroatoms. The number of carbonyl (C=O) groups is 2. The van der Waals surface area contributed by atoms with E-state index in [9.17, 15) is 9.59 Å². The van der Waals surface area contributed by atoms with Gasteiger partial charge in [0.1, 0.15) is 0 Å². The van der Waals surface area contributed by atoms with E-state index in [2.05, 4.69) is 10.3 Å². The summed E-state index contributed by atoms with van der Waals surface area (Å²) in [6, 6.07) is 19.1. The molecule has 1 aliphatic rings. The number of hydrogen-bond donors (Lipinski definition) is 1. The number of aromatic nitrogens is 1. The molecule has 2 atom stereocenters. The first-order valence-corrected chi connectivity index (χ1v) is 9.77. The van der Waals surface area contributed by atoms with Crippen molar-refractivity contribution in [2.75, 3.05) is 13.1 Å². The van der Waals surface area contributed by atoms with Gasteiger partial charge in [-0.15, -0.1) is 0 Å². The van der Waals surface area contributed by atoms with Crippen molar-refractivity contribution in [3.63, 3.8) is 0 Å². The first kappa shape index (κ1) is 18.9. The Labute approximate surface area is 169 Å². The molecule has 2 heterocycles. The highest BCUT2D eigenvalue weighted by Crippen LogP contribution is 2.24. The van der Waals surface area contributed by atoms with Crippen molar-refractivity contribution in [1.29, 1.82) is 0 Å². The summed E-state index contributed by atoms with van der Waals surface area (Å²) in [7, 11) is 0. The zero-order chi connectivity index (χ0) is 20.2. The Kier molecular flexibility index (Phi) is 5.42. The van der Waals surface area contributed by atoms with Gasteiger partial charge in [0.25, 0.3) is 5.91 Å². The summed E-state index contributed by atoms with van der Waals surface area (Å²) in [5.74, 6) is 0.0463. The third kappa shape index (κ3) is 4.06. The van der Waals surface area contributed by atoms with Crippen LogP contribution in [-0.4, -0.2) is 40.8 Å². The predicted octanol–water partition coefficient (Wildman–Crippen LogP) is 3.48. The summed E-state index contributed by atoms with van der Waals surface area (Å²) in [5, 5.41) is 3.00. The van der Waals surface area contributed by atoms with Gasteiger partial charge in [0.05, 0.1) is 5.92 Å². The minimum atomic E-state index is -0.284. The molecule has 1 N–H and O–H groups in total. The number of nitrogens with zero attached hydrogens (tertiary/aromatic N) is 2. The first-order chi connectivity index (χ1) is 14.1. The highest BCUT2D eigenvalue weighted by Gasteiger charge is 2.31. The molecule has 1 aromatic heterocycles. The lowest BCUT2D eigenvalue weighted by Gasteiger charge is -2.21. The third-order valence-corrected chi connectivity index (χ3v) is 5.32. The van der Waals surface area contributed by atoms with Gasteiger partial charge in [0, 0.05) is 24.7 Å². The number of carbonyl (C=O) groups excluding carboxylic acids is 2. The van der Waals surface area contributed by atoms with Gasteiger partial charge in [-0.05, 0) is 18.9 Å². The summed E-state index contributed by atoms with van der Waals surface area (Å²) in [5.41, 5.74) is 2.06. The molecule has 29 heavy (non-hydrogen) atoms. The van der Waals surface area contributed by atoms with E-state index < -0.39 is 0 Å². The molecular formula is C23H23N3O3. The van der Waals surface area contributed by atoms with E-state index in [1.54, 1.807) is 0 Å². The van der Waals surface area contributed by atoms with Gasteiger partial charge in [-0.2, -0.15) is 0 Å². The summed E-state index contributed by atoms with van der Waals surface area (Å²) in [6.45, 7) is 3.05. The Hall–Kier alpha value is -3.41. The van der Waals surface area contributed by atoms with Crippen LogP contribution in [0, 0.1) is 0 Å². The molecule has 1 aliphatic heterocycles. The molecule has 3 aromatic rings. The number of benzene rings is 2. The van der Waals surface area contributed by atoms with Crippen LogP contribution in [0.4, 0.5) is 0 Å². The van der Waals surface area contributed by atoms with E-state index in [4.69, 9.17) is 4.42 Å². The largest absolute Gasteiger partial charge is 0.443 e.